The van der Waals surface area contributed by atoms with E-state index in [0.717, 1.165) is 6.41 Å². The summed E-state index contributed by atoms with van der Waals surface area (Å²) in [5.74, 6) is 0.229. The van der Waals surface area contributed by atoms with E-state index in [4.69, 9.17) is 16.3 Å². The Morgan fingerprint density at radius 3 is 2.78 bits per heavy atom. The van der Waals surface area contributed by atoms with Gasteiger partial charge in [0.15, 0.2) is 0 Å². The molecule has 7 nitrogen and oxygen atoms in total. The number of piperazine rings is 1. The maximum absolute atomic E-state index is 12.2. The van der Waals surface area contributed by atoms with E-state index in [1.165, 1.54) is 11.3 Å². The molecule has 1 aliphatic rings. The van der Waals surface area contributed by atoms with Crippen molar-refractivity contribution in [1.29, 1.82) is 0 Å². The van der Waals surface area contributed by atoms with E-state index in [1.807, 2.05) is 4.90 Å². The second kappa shape index (κ2) is 6.67. The van der Waals surface area contributed by atoms with E-state index in [0.29, 0.717) is 54.4 Å². The molecule has 0 atom stereocenters. The minimum absolute atomic E-state index is 0.141. The predicted molar refractivity (Wildman–Crippen MR) is 88.2 cm³/mol. The first-order valence-corrected chi connectivity index (χ1v) is 8.46. The third-order valence-electron chi connectivity index (χ3n) is 3.65. The van der Waals surface area contributed by atoms with Gasteiger partial charge in [-0.25, -0.2) is 9.78 Å². The summed E-state index contributed by atoms with van der Waals surface area (Å²) in [6, 6.07) is 0. The topological polar surface area (TPSA) is 75.6 Å². The highest BCUT2D eigenvalue weighted by Gasteiger charge is 2.25. The fraction of sp³-hybridized carbons (Fsp3) is 0.429. The van der Waals surface area contributed by atoms with Crippen molar-refractivity contribution < 1.29 is 14.3 Å². The number of ether oxygens (including phenoxy) is 1. The largest absolute Gasteiger partial charge is 0.462 e. The Morgan fingerprint density at radius 2 is 2.13 bits per heavy atom. The molecule has 2 aromatic rings. The van der Waals surface area contributed by atoms with E-state index in [-0.39, 0.29) is 5.28 Å². The lowest BCUT2D eigenvalue weighted by Crippen LogP contribution is -2.46. The van der Waals surface area contributed by atoms with E-state index >= 15 is 0 Å². The molecule has 0 bridgehead atoms. The molecule has 0 radical (unpaired) electrons. The van der Waals surface area contributed by atoms with Crippen LogP contribution in [0.1, 0.15) is 17.3 Å². The number of nitrogens with zero attached hydrogens (tertiary/aromatic N) is 4. The number of hydrogen-bond donors (Lipinski definition) is 0. The minimum Gasteiger partial charge on any atom is -0.462 e. The van der Waals surface area contributed by atoms with Gasteiger partial charge in [0.25, 0.3) is 0 Å². The van der Waals surface area contributed by atoms with Crippen molar-refractivity contribution in [2.75, 3.05) is 37.7 Å². The van der Waals surface area contributed by atoms with Crippen molar-refractivity contribution in [3.05, 3.63) is 16.2 Å². The van der Waals surface area contributed by atoms with Gasteiger partial charge in [0.2, 0.25) is 11.7 Å². The average Bonchev–Trinajstić information content (AvgIpc) is 2.98. The smallest absolute Gasteiger partial charge is 0.339 e. The van der Waals surface area contributed by atoms with Gasteiger partial charge in [-0.05, 0) is 18.5 Å². The Bertz CT molecular complexity index is 743. The lowest BCUT2D eigenvalue weighted by atomic mass is 10.2. The van der Waals surface area contributed by atoms with E-state index in [9.17, 15) is 9.59 Å². The standard InChI is InChI=1S/C14H15ClN4O3S/c1-2-22-13(21)9-7-23-12-10(9)11(16-14(15)17-12)19-5-3-18(8-20)4-6-19/h7-8H,2-6H2,1H3. The monoisotopic (exact) mass is 354 g/mol. The lowest BCUT2D eigenvalue weighted by molar-refractivity contribution is -0.118. The second-order valence-electron chi connectivity index (χ2n) is 4.99. The number of thiophene rings is 1. The van der Waals surface area contributed by atoms with Crippen LogP contribution in [0.15, 0.2) is 5.38 Å². The van der Waals surface area contributed by atoms with Crippen molar-refractivity contribution in [3.8, 4) is 0 Å². The molecular formula is C14H15ClN4O3S. The molecule has 0 aliphatic carbocycles. The van der Waals surface area contributed by atoms with Crippen LogP contribution >= 0.6 is 22.9 Å². The predicted octanol–water partition coefficient (Wildman–Crippen LogP) is 1.80. The highest BCUT2D eigenvalue weighted by Crippen LogP contribution is 2.34. The van der Waals surface area contributed by atoms with Gasteiger partial charge in [-0.3, -0.25) is 4.79 Å². The summed E-state index contributed by atoms with van der Waals surface area (Å²) >= 11 is 7.36. The number of fused-ring (bicyclic) bond motifs is 1. The number of halogens is 1. The van der Waals surface area contributed by atoms with Crippen molar-refractivity contribution >= 4 is 51.4 Å². The number of carbonyl (C=O) groups excluding carboxylic acids is 2. The fourth-order valence-corrected chi connectivity index (χ4v) is 3.64. The van der Waals surface area contributed by atoms with Crippen molar-refractivity contribution in [2.24, 2.45) is 0 Å². The lowest BCUT2D eigenvalue weighted by Gasteiger charge is -2.33. The number of anilines is 1. The van der Waals surface area contributed by atoms with Gasteiger partial charge in [-0.1, -0.05) is 0 Å². The summed E-state index contributed by atoms with van der Waals surface area (Å²) in [5.41, 5.74) is 0.455. The van der Waals surface area contributed by atoms with Crippen LogP contribution in [0.25, 0.3) is 10.2 Å². The molecule has 0 N–H and O–H groups in total. The van der Waals surface area contributed by atoms with E-state index in [1.54, 1.807) is 17.2 Å². The summed E-state index contributed by atoms with van der Waals surface area (Å²) < 4.78 is 5.11. The molecule has 3 heterocycles. The number of esters is 1. The summed E-state index contributed by atoms with van der Waals surface area (Å²) in [7, 11) is 0. The van der Waals surface area contributed by atoms with Gasteiger partial charge in [0.05, 0.1) is 17.6 Å². The van der Waals surface area contributed by atoms with Gasteiger partial charge in [0, 0.05) is 31.6 Å². The third-order valence-corrected chi connectivity index (χ3v) is 4.69. The number of aromatic nitrogens is 2. The molecule has 1 aliphatic heterocycles. The zero-order valence-corrected chi connectivity index (χ0v) is 14.1. The van der Waals surface area contributed by atoms with Crippen molar-refractivity contribution in [2.45, 2.75) is 6.92 Å². The molecule has 1 fully saturated rings. The molecule has 9 heteroatoms. The first-order chi connectivity index (χ1) is 11.1. The van der Waals surface area contributed by atoms with E-state index < -0.39 is 5.97 Å². The highest BCUT2D eigenvalue weighted by molar-refractivity contribution is 7.17. The Kier molecular flexibility index (Phi) is 4.63. The molecule has 1 amide bonds. The Balaban J connectivity index is 2.03. The Morgan fingerprint density at radius 1 is 1.39 bits per heavy atom. The molecule has 3 rings (SSSR count). The number of rotatable bonds is 4. The van der Waals surface area contributed by atoms with Gasteiger partial charge < -0.3 is 14.5 Å². The SMILES string of the molecule is CCOC(=O)c1csc2nc(Cl)nc(N3CCN(C=O)CC3)c12. The summed E-state index contributed by atoms with van der Waals surface area (Å²) in [5, 5.41) is 2.53. The van der Waals surface area contributed by atoms with Gasteiger partial charge in [-0.15, -0.1) is 11.3 Å². The molecule has 1 saturated heterocycles. The molecule has 122 valence electrons. The average molecular weight is 355 g/mol. The molecule has 23 heavy (non-hydrogen) atoms. The van der Waals surface area contributed by atoms with Crippen LogP contribution in [0.5, 0.6) is 0 Å². The molecule has 0 spiro atoms. The van der Waals surface area contributed by atoms with Crippen molar-refractivity contribution in [1.82, 2.24) is 14.9 Å². The fourth-order valence-electron chi connectivity index (χ4n) is 2.53. The highest BCUT2D eigenvalue weighted by atomic mass is 35.5. The maximum atomic E-state index is 12.2. The van der Waals surface area contributed by atoms with Gasteiger partial charge in [0.1, 0.15) is 10.6 Å². The van der Waals surface area contributed by atoms with Crippen LogP contribution in [0.2, 0.25) is 5.28 Å². The second-order valence-corrected chi connectivity index (χ2v) is 6.19. The molecule has 0 unspecified atom stereocenters. The van der Waals surface area contributed by atoms with Gasteiger partial charge >= 0.3 is 5.97 Å². The van der Waals surface area contributed by atoms with E-state index in [2.05, 4.69) is 9.97 Å². The zero-order valence-electron chi connectivity index (χ0n) is 12.5. The van der Waals surface area contributed by atoms with Crippen molar-refractivity contribution in [3.63, 3.8) is 0 Å². The maximum Gasteiger partial charge on any atom is 0.339 e. The first kappa shape index (κ1) is 15.9. The Labute approximate surface area is 141 Å². The minimum atomic E-state index is -0.391. The number of hydrogen-bond acceptors (Lipinski definition) is 7. The first-order valence-electron chi connectivity index (χ1n) is 7.20. The number of amides is 1. The molecule has 0 aromatic carbocycles. The normalized spacial score (nSPS) is 15.0. The summed E-state index contributed by atoms with van der Waals surface area (Å²) in [6.45, 7) is 4.52. The van der Waals surface area contributed by atoms with Crippen LogP contribution in [0, 0.1) is 0 Å². The van der Waals surface area contributed by atoms with Crippen LogP contribution in [0.3, 0.4) is 0 Å². The number of carbonyl (C=O) groups is 2. The van der Waals surface area contributed by atoms with Crippen LogP contribution in [0.4, 0.5) is 5.82 Å². The third kappa shape index (κ3) is 3.09. The summed E-state index contributed by atoms with van der Waals surface area (Å²) in [4.78, 5) is 35.9. The Hall–Kier alpha value is -1.93. The molecular weight excluding hydrogens is 340 g/mol. The molecule has 2 aromatic heterocycles. The molecule has 0 saturated carbocycles. The van der Waals surface area contributed by atoms with Gasteiger partial charge in [-0.2, -0.15) is 4.98 Å². The zero-order chi connectivity index (χ0) is 16.4. The summed E-state index contributed by atoms with van der Waals surface area (Å²) in [6.07, 6.45) is 0.842. The van der Waals surface area contributed by atoms with Crippen LogP contribution in [-0.4, -0.2) is 60.0 Å². The quantitative estimate of drug-likeness (QED) is 0.473. The van der Waals surface area contributed by atoms with Crippen LogP contribution < -0.4 is 4.90 Å². The van der Waals surface area contributed by atoms with Crippen LogP contribution in [-0.2, 0) is 9.53 Å².